The Bertz CT molecular complexity index is 1360. The lowest BCUT2D eigenvalue weighted by atomic mass is 10.1. The number of esters is 1. The number of carbonyl (C=O) groups is 3. The highest BCUT2D eigenvalue weighted by molar-refractivity contribution is 7.13. The van der Waals surface area contributed by atoms with Crippen LogP contribution in [-0.4, -0.2) is 40.2 Å². The fraction of sp³-hybridized carbons (Fsp3) is 0.154. The van der Waals surface area contributed by atoms with E-state index in [4.69, 9.17) is 4.74 Å². The van der Waals surface area contributed by atoms with Gasteiger partial charge in [0.25, 0.3) is 11.8 Å². The van der Waals surface area contributed by atoms with E-state index in [1.807, 2.05) is 47.8 Å². The molecule has 0 spiro atoms. The molecule has 2 amide bonds. The van der Waals surface area contributed by atoms with Crippen molar-refractivity contribution in [2.24, 2.45) is 0 Å². The molecule has 8 nitrogen and oxygen atoms in total. The Hall–Kier alpha value is -4.24. The minimum Gasteiger partial charge on any atom is -0.452 e. The summed E-state index contributed by atoms with van der Waals surface area (Å²) in [7, 11) is 0. The van der Waals surface area contributed by atoms with Gasteiger partial charge >= 0.3 is 5.97 Å². The second-order valence-electron chi connectivity index (χ2n) is 8.07. The molecule has 5 rings (SSSR count). The standard InChI is InChI=1S/C26H22N4O4S/c31-23(28-21-10-5-4-9-19(21)25(32)27-17-12-13-17)16-34-26(33)20-15-30(18-7-2-1-3-8-18)29-24(20)22-11-6-14-35-22/h1-11,14-15,17H,12-13,16H2,(H,27,32)(H,28,31). The van der Waals surface area contributed by atoms with Crippen molar-refractivity contribution in [1.29, 1.82) is 0 Å². The van der Waals surface area contributed by atoms with Crippen LogP contribution < -0.4 is 10.6 Å². The van der Waals surface area contributed by atoms with Crippen LogP contribution in [0.4, 0.5) is 5.69 Å². The number of thiophene rings is 1. The zero-order valence-corrected chi connectivity index (χ0v) is 19.5. The van der Waals surface area contributed by atoms with Crippen LogP contribution in [0.1, 0.15) is 33.6 Å². The molecule has 2 aromatic carbocycles. The van der Waals surface area contributed by atoms with E-state index in [1.165, 1.54) is 11.3 Å². The molecule has 0 saturated heterocycles. The van der Waals surface area contributed by atoms with E-state index in [2.05, 4.69) is 15.7 Å². The Balaban J connectivity index is 1.29. The SMILES string of the molecule is O=C(COC(=O)c1cn(-c2ccccc2)nc1-c1cccs1)Nc1ccccc1C(=O)NC1CC1. The van der Waals surface area contributed by atoms with Crippen LogP contribution in [0.2, 0.25) is 0 Å². The topological polar surface area (TPSA) is 102 Å². The third-order valence-corrected chi connectivity index (χ3v) is 6.28. The molecule has 0 bridgehead atoms. The van der Waals surface area contributed by atoms with Crippen LogP contribution >= 0.6 is 11.3 Å². The Morgan fingerprint density at radius 3 is 2.49 bits per heavy atom. The van der Waals surface area contributed by atoms with E-state index >= 15 is 0 Å². The first-order valence-electron chi connectivity index (χ1n) is 11.1. The number of aromatic nitrogens is 2. The Labute approximate surface area is 205 Å². The summed E-state index contributed by atoms with van der Waals surface area (Å²) in [6.07, 6.45) is 3.53. The third kappa shape index (κ3) is 5.30. The normalized spacial score (nSPS) is 12.7. The summed E-state index contributed by atoms with van der Waals surface area (Å²) >= 11 is 1.45. The fourth-order valence-electron chi connectivity index (χ4n) is 3.51. The number of nitrogens with one attached hydrogen (secondary N) is 2. The van der Waals surface area contributed by atoms with Gasteiger partial charge in [-0.15, -0.1) is 11.3 Å². The van der Waals surface area contributed by atoms with E-state index < -0.39 is 18.5 Å². The second kappa shape index (κ2) is 9.94. The first kappa shape index (κ1) is 22.5. The molecule has 2 aromatic heterocycles. The van der Waals surface area contributed by atoms with Gasteiger partial charge in [-0.25, -0.2) is 9.48 Å². The highest BCUT2D eigenvalue weighted by atomic mass is 32.1. The van der Waals surface area contributed by atoms with E-state index in [0.717, 1.165) is 23.4 Å². The first-order chi connectivity index (χ1) is 17.1. The molecule has 9 heteroatoms. The van der Waals surface area contributed by atoms with Gasteiger partial charge in [0.1, 0.15) is 11.3 Å². The summed E-state index contributed by atoms with van der Waals surface area (Å²) in [5.74, 6) is -1.45. The quantitative estimate of drug-likeness (QED) is 0.362. The minimum atomic E-state index is -0.662. The van der Waals surface area contributed by atoms with E-state index in [9.17, 15) is 14.4 Å². The van der Waals surface area contributed by atoms with Gasteiger partial charge in [0.2, 0.25) is 0 Å². The monoisotopic (exact) mass is 486 g/mol. The summed E-state index contributed by atoms with van der Waals surface area (Å²) in [5, 5.41) is 12.1. The van der Waals surface area contributed by atoms with Crippen molar-refractivity contribution in [3.05, 3.63) is 89.4 Å². The molecule has 4 aromatic rings. The van der Waals surface area contributed by atoms with Gasteiger partial charge in [0.05, 0.1) is 21.8 Å². The lowest BCUT2D eigenvalue weighted by Crippen LogP contribution is -2.28. The molecule has 0 aliphatic heterocycles. The van der Waals surface area contributed by atoms with Crippen LogP contribution in [0.25, 0.3) is 16.3 Å². The number of benzene rings is 2. The van der Waals surface area contributed by atoms with Gasteiger partial charge in [0, 0.05) is 12.2 Å². The summed E-state index contributed by atoms with van der Waals surface area (Å²) < 4.78 is 6.94. The molecule has 2 N–H and O–H groups in total. The average molecular weight is 487 g/mol. The number of ether oxygens (including phenoxy) is 1. The van der Waals surface area contributed by atoms with Crippen molar-refractivity contribution in [2.45, 2.75) is 18.9 Å². The van der Waals surface area contributed by atoms with Gasteiger partial charge in [-0.05, 0) is 48.6 Å². The van der Waals surface area contributed by atoms with Crippen LogP contribution in [0.5, 0.6) is 0 Å². The molecular weight excluding hydrogens is 464 g/mol. The molecule has 1 fully saturated rings. The molecule has 1 saturated carbocycles. The lowest BCUT2D eigenvalue weighted by Gasteiger charge is -2.11. The molecule has 2 heterocycles. The summed E-state index contributed by atoms with van der Waals surface area (Å²) in [6.45, 7) is -0.502. The van der Waals surface area contributed by atoms with Crippen LogP contribution in [0.3, 0.4) is 0 Å². The number of para-hydroxylation sites is 2. The Kier molecular flexibility index (Phi) is 6.40. The van der Waals surface area contributed by atoms with Gasteiger partial charge in [-0.1, -0.05) is 36.4 Å². The molecule has 1 aliphatic rings. The number of rotatable bonds is 8. The van der Waals surface area contributed by atoms with Crippen LogP contribution in [0, 0.1) is 0 Å². The number of hydrogen-bond acceptors (Lipinski definition) is 6. The summed E-state index contributed by atoms with van der Waals surface area (Å²) in [6, 6.07) is 20.1. The second-order valence-corrected chi connectivity index (χ2v) is 9.01. The number of nitrogens with zero attached hydrogens (tertiary/aromatic N) is 2. The fourth-order valence-corrected chi connectivity index (χ4v) is 4.23. The van der Waals surface area contributed by atoms with Crippen LogP contribution in [-0.2, 0) is 9.53 Å². The van der Waals surface area contributed by atoms with Crippen molar-refractivity contribution in [3.63, 3.8) is 0 Å². The van der Waals surface area contributed by atoms with Crippen molar-refractivity contribution in [2.75, 3.05) is 11.9 Å². The molecule has 0 atom stereocenters. The van der Waals surface area contributed by atoms with E-state index in [1.54, 1.807) is 35.1 Å². The van der Waals surface area contributed by atoms with Crippen molar-refractivity contribution in [1.82, 2.24) is 15.1 Å². The number of amides is 2. The maximum absolute atomic E-state index is 13.0. The average Bonchev–Trinajstić information content (AvgIpc) is 3.34. The minimum absolute atomic E-state index is 0.196. The van der Waals surface area contributed by atoms with Crippen molar-refractivity contribution in [3.8, 4) is 16.3 Å². The summed E-state index contributed by atoms with van der Waals surface area (Å²) in [5.41, 5.74) is 2.26. The Morgan fingerprint density at radius 1 is 0.971 bits per heavy atom. The molecular formula is C26H22N4O4S. The Morgan fingerprint density at radius 2 is 1.74 bits per heavy atom. The maximum Gasteiger partial charge on any atom is 0.342 e. The van der Waals surface area contributed by atoms with Gasteiger partial charge in [-0.3, -0.25) is 9.59 Å². The lowest BCUT2D eigenvalue weighted by molar-refractivity contribution is -0.119. The largest absolute Gasteiger partial charge is 0.452 e. The van der Waals surface area contributed by atoms with Crippen LogP contribution in [0.15, 0.2) is 78.3 Å². The van der Waals surface area contributed by atoms with Crippen molar-refractivity contribution >= 4 is 34.8 Å². The molecule has 0 radical (unpaired) electrons. The molecule has 0 unspecified atom stereocenters. The predicted molar refractivity (Wildman–Crippen MR) is 133 cm³/mol. The highest BCUT2D eigenvalue weighted by Crippen LogP contribution is 2.28. The van der Waals surface area contributed by atoms with Gasteiger partial charge in [0.15, 0.2) is 6.61 Å². The van der Waals surface area contributed by atoms with E-state index in [-0.39, 0.29) is 17.5 Å². The van der Waals surface area contributed by atoms with Crippen molar-refractivity contribution < 1.29 is 19.1 Å². The zero-order valence-electron chi connectivity index (χ0n) is 18.6. The highest BCUT2D eigenvalue weighted by Gasteiger charge is 2.25. The first-order valence-corrected chi connectivity index (χ1v) is 12.0. The zero-order chi connectivity index (χ0) is 24.2. The molecule has 1 aliphatic carbocycles. The molecule has 35 heavy (non-hydrogen) atoms. The number of anilines is 1. The number of hydrogen-bond donors (Lipinski definition) is 2. The van der Waals surface area contributed by atoms with Gasteiger partial charge < -0.3 is 15.4 Å². The number of carbonyl (C=O) groups excluding carboxylic acids is 3. The maximum atomic E-state index is 13.0. The van der Waals surface area contributed by atoms with E-state index in [0.29, 0.717) is 16.9 Å². The van der Waals surface area contributed by atoms with Gasteiger partial charge in [-0.2, -0.15) is 5.10 Å². The molecule has 176 valence electrons. The summed E-state index contributed by atoms with van der Waals surface area (Å²) in [4.78, 5) is 38.8. The smallest absolute Gasteiger partial charge is 0.342 e. The third-order valence-electron chi connectivity index (χ3n) is 5.40. The predicted octanol–water partition coefficient (Wildman–Crippen LogP) is 4.29.